The summed E-state index contributed by atoms with van der Waals surface area (Å²) in [6, 6.07) is 0. The van der Waals surface area contributed by atoms with Crippen molar-refractivity contribution in [2.24, 2.45) is 0 Å². The van der Waals surface area contributed by atoms with Gasteiger partial charge in [0, 0.05) is 6.42 Å². The Labute approximate surface area is 151 Å². The average molecular weight is 339 g/mol. The smallest absolute Gasteiger partial charge is 0.305 e. The van der Waals surface area contributed by atoms with Crippen LogP contribution >= 0.6 is 0 Å². The number of esters is 1. The molecule has 0 aliphatic carbocycles. The van der Waals surface area contributed by atoms with Crippen LogP contribution in [0.4, 0.5) is 0 Å². The molecule has 0 saturated carbocycles. The van der Waals surface area contributed by atoms with Crippen LogP contribution in [-0.4, -0.2) is 12.6 Å². The standard InChI is InChI=1S/C22H42O2/c1-3-5-7-9-10-11-12-13-14-15-16-17-18-20-22(23)24-21-19-8-6-4-2/h6,8H,3-5,7,9-21H2,1-2H3/b8-6+. The van der Waals surface area contributed by atoms with Crippen molar-refractivity contribution in [3.05, 3.63) is 12.2 Å². The maximum Gasteiger partial charge on any atom is 0.305 e. The highest BCUT2D eigenvalue weighted by atomic mass is 16.5. The monoisotopic (exact) mass is 338 g/mol. The highest BCUT2D eigenvalue weighted by Gasteiger charge is 2.01. The van der Waals surface area contributed by atoms with E-state index in [1.54, 1.807) is 0 Å². The number of unbranched alkanes of at least 4 members (excludes halogenated alkanes) is 12. The topological polar surface area (TPSA) is 26.3 Å². The lowest BCUT2D eigenvalue weighted by molar-refractivity contribution is -0.143. The van der Waals surface area contributed by atoms with Gasteiger partial charge in [-0.05, 0) is 19.3 Å². The van der Waals surface area contributed by atoms with Crippen molar-refractivity contribution < 1.29 is 9.53 Å². The molecular formula is C22H42O2. The van der Waals surface area contributed by atoms with Crippen LogP contribution in [0.5, 0.6) is 0 Å². The number of allylic oxidation sites excluding steroid dienone is 1. The van der Waals surface area contributed by atoms with Gasteiger partial charge in [-0.25, -0.2) is 0 Å². The predicted molar refractivity (Wildman–Crippen MR) is 105 cm³/mol. The van der Waals surface area contributed by atoms with E-state index in [-0.39, 0.29) is 5.97 Å². The van der Waals surface area contributed by atoms with Crippen molar-refractivity contribution in [2.75, 3.05) is 6.61 Å². The number of ether oxygens (including phenoxy) is 1. The van der Waals surface area contributed by atoms with Gasteiger partial charge in [0.2, 0.25) is 0 Å². The summed E-state index contributed by atoms with van der Waals surface area (Å²) in [6.45, 7) is 4.92. The number of hydrogen-bond donors (Lipinski definition) is 0. The fourth-order valence-electron chi connectivity index (χ4n) is 2.88. The molecule has 2 nitrogen and oxygen atoms in total. The van der Waals surface area contributed by atoms with E-state index in [0.29, 0.717) is 13.0 Å². The summed E-state index contributed by atoms with van der Waals surface area (Å²) in [5, 5.41) is 0. The zero-order chi connectivity index (χ0) is 17.7. The number of hydrogen-bond acceptors (Lipinski definition) is 2. The van der Waals surface area contributed by atoms with E-state index in [1.165, 1.54) is 77.0 Å². The molecule has 0 rings (SSSR count). The van der Waals surface area contributed by atoms with Gasteiger partial charge in [-0.1, -0.05) is 103 Å². The summed E-state index contributed by atoms with van der Waals surface area (Å²) in [6.07, 6.45) is 24.0. The van der Waals surface area contributed by atoms with Crippen LogP contribution in [0.1, 0.15) is 117 Å². The first-order valence-electron chi connectivity index (χ1n) is 10.6. The molecule has 142 valence electrons. The molecule has 0 aromatic heterocycles. The van der Waals surface area contributed by atoms with Gasteiger partial charge in [-0.15, -0.1) is 0 Å². The number of carbonyl (C=O) groups is 1. The first-order valence-corrected chi connectivity index (χ1v) is 10.6. The van der Waals surface area contributed by atoms with Crippen molar-refractivity contribution in [2.45, 2.75) is 117 Å². The molecule has 0 fully saturated rings. The number of rotatable bonds is 18. The third kappa shape index (κ3) is 19.3. The quantitative estimate of drug-likeness (QED) is 0.148. The maximum atomic E-state index is 11.5. The molecule has 0 heterocycles. The molecule has 0 aliphatic heterocycles. The second-order valence-corrected chi connectivity index (χ2v) is 6.88. The Balaban J connectivity index is 3.13. The summed E-state index contributed by atoms with van der Waals surface area (Å²) in [5.74, 6) is -0.0250. The van der Waals surface area contributed by atoms with E-state index < -0.39 is 0 Å². The molecule has 0 unspecified atom stereocenters. The zero-order valence-corrected chi connectivity index (χ0v) is 16.5. The van der Waals surface area contributed by atoms with E-state index in [4.69, 9.17) is 4.74 Å². The third-order valence-corrected chi connectivity index (χ3v) is 4.43. The van der Waals surface area contributed by atoms with Crippen molar-refractivity contribution in [1.82, 2.24) is 0 Å². The molecule has 0 aromatic carbocycles. The van der Waals surface area contributed by atoms with Gasteiger partial charge in [0.15, 0.2) is 0 Å². The Bertz CT molecular complexity index is 284. The molecule has 0 radical (unpaired) electrons. The van der Waals surface area contributed by atoms with Gasteiger partial charge in [-0.2, -0.15) is 0 Å². The fraction of sp³-hybridized carbons (Fsp3) is 0.864. The second-order valence-electron chi connectivity index (χ2n) is 6.88. The second kappa shape index (κ2) is 20.3. The van der Waals surface area contributed by atoms with Gasteiger partial charge in [-0.3, -0.25) is 4.79 Å². The van der Waals surface area contributed by atoms with Crippen LogP contribution in [0.3, 0.4) is 0 Å². The van der Waals surface area contributed by atoms with Crippen molar-refractivity contribution in [3.63, 3.8) is 0 Å². The van der Waals surface area contributed by atoms with E-state index in [2.05, 4.69) is 26.0 Å². The SMILES string of the molecule is CC/C=C/CCOC(=O)CCCCCCCCCCCCCCC. The highest BCUT2D eigenvalue weighted by molar-refractivity contribution is 5.69. The summed E-state index contributed by atoms with van der Waals surface area (Å²) in [4.78, 5) is 11.5. The Hall–Kier alpha value is -0.790. The zero-order valence-electron chi connectivity index (χ0n) is 16.5. The molecule has 0 bridgehead atoms. The average Bonchev–Trinajstić information content (AvgIpc) is 2.59. The van der Waals surface area contributed by atoms with Crippen LogP contribution in [0.25, 0.3) is 0 Å². The molecule has 0 atom stereocenters. The van der Waals surface area contributed by atoms with Gasteiger partial charge in [0.1, 0.15) is 0 Å². The highest BCUT2D eigenvalue weighted by Crippen LogP contribution is 2.13. The lowest BCUT2D eigenvalue weighted by atomic mass is 10.0. The first kappa shape index (κ1) is 23.2. The minimum atomic E-state index is -0.0250. The Kier molecular flexibility index (Phi) is 19.6. The predicted octanol–water partition coefficient (Wildman–Crippen LogP) is 7.37. The van der Waals surface area contributed by atoms with Gasteiger partial charge in [0.25, 0.3) is 0 Å². The lowest BCUT2D eigenvalue weighted by Crippen LogP contribution is -2.04. The van der Waals surface area contributed by atoms with E-state index in [0.717, 1.165) is 19.3 Å². The lowest BCUT2D eigenvalue weighted by Gasteiger charge is -2.04. The van der Waals surface area contributed by atoms with Crippen molar-refractivity contribution in [1.29, 1.82) is 0 Å². The first-order chi connectivity index (χ1) is 11.8. The van der Waals surface area contributed by atoms with Crippen molar-refractivity contribution in [3.8, 4) is 0 Å². The van der Waals surface area contributed by atoms with Gasteiger partial charge < -0.3 is 4.74 Å². The Morgan fingerprint density at radius 3 is 1.71 bits per heavy atom. The van der Waals surface area contributed by atoms with Crippen molar-refractivity contribution >= 4 is 5.97 Å². The van der Waals surface area contributed by atoms with Crippen LogP contribution in [0, 0.1) is 0 Å². The molecule has 24 heavy (non-hydrogen) atoms. The third-order valence-electron chi connectivity index (χ3n) is 4.43. The normalized spacial score (nSPS) is 11.2. The maximum absolute atomic E-state index is 11.5. The molecule has 2 heteroatoms. The molecule has 0 saturated heterocycles. The summed E-state index contributed by atoms with van der Waals surface area (Å²) in [7, 11) is 0. The molecule has 0 N–H and O–H groups in total. The minimum Gasteiger partial charge on any atom is -0.465 e. The molecule has 0 aliphatic rings. The van der Waals surface area contributed by atoms with Crippen LogP contribution in [0.15, 0.2) is 12.2 Å². The molecular weight excluding hydrogens is 296 g/mol. The molecule has 0 amide bonds. The van der Waals surface area contributed by atoms with Gasteiger partial charge >= 0.3 is 5.97 Å². The minimum absolute atomic E-state index is 0.0250. The van der Waals surface area contributed by atoms with E-state index in [9.17, 15) is 4.79 Å². The Morgan fingerprint density at radius 2 is 1.21 bits per heavy atom. The largest absolute Gasteiger partial charge is 0.465 e. The van der Waals surface area contributed by atoms with Crippen LogP contribution in [0.2, 0.25) is 0 Å². The summed E-state index contributed by atoms with van der Waals surface area (Å²) < 4.78 is 5.21. The Morgan fingerprint density at radius 1 is 0.708 bits per heavy atom. The van der Waals surface area contributed by atoms with E-state index >= 15 is 0 Å². The summed E-state index contributed by atoms with van der Waals surface area (Å²) >= 11 is 0. The fourth-order valence-corrected chi connectivity index (χ4v) is 2.88. The molecule has 0 aromatic rings. The molecule has 0 spiro atoms. The van der Waals surface area contributed by atoms with Gasteiger partial charge in [0.05, 0.1) is 6.61 Å². The number of carbonyl (C=O) groups excluding carboxylic acids is 1. The summed E-state index contributed by atoms with van der Waals surface area (Å²) in [5.41, 5.74) is 0. The van der Waals surface area contributed by atoms with Crippen LogP contribution < -0.4 is 0 Å². The van der Waals surface area contributed by atoms with Crippen LogP contribution in [-0.2, 0) is 9.53 Å². The van der Waals surface area contributed by atoms with E-state index in [1.807, 2.05) is 0 Å².